The highest BCUT2D eigenvalue weighted by Crippen LogP contribution is 2.29. The zero-order chi connectivity index (χ0) is 25.9. The van der Waals surface area contributed by atoms with Crippen LogP contribution in [-0.4, -0.2) is 48.3 Å². The first-order valence-corrected chi connectivity index (χ1v) is 11.3. The van der Waals surface area contributed by atoms with Gasteiger partial charge in [-0.1, -0.05) is 24.3 Å². The maximum absolute atomic E-state index is 14.0. The molecule has 0 unspecified atom stereocenters. The highest BCUT2D eigenvalue weighted by Gasteiger charge is 2.13. The SMILES string of the molecule is Cc1cnc(N/C(C=N)=C/NCCN(C)C)nc1Nc1cccc(OCc2ccccc2F)c1C#N. The smallest absolute Gasteiger partial charge is 0.229 e. The van der Waals surface area contributed by atoms with Crippen LogP contribution in [0.3, 0.4) is 0 Å². The first-order valence-electron chi connectivity index (χ1n) is 11.3. The van der Waals surface area contributed by atoms with Crippen LogP contribution >= 0.6 is 0 Å². The van der Waals surface area contributed by atoms with E-state index in [2.05, 4.69) is 36.9 Å². The van der Waals surface area contributed by atoms with Crippen molar-refractivity contribution in [2.75, 3.05) is 37.8 Å². The number of halogens is 1. The third kappa shape index (κ3) is 7.25. The second-order valence-electron chi connectivity index (χ2n) is 8.15. The Bertz CT molecular complexity index is 1270. The maximum atomic E-state index is 14.0. The molecule has 0 aliphatic rings. The summed E-state index contributed by atoms with van der Waals surface area (Å²) in [7, 11) is 3.97. The van der Waals surface area contributed by atoms with Crippen molar-refractivity contribution in [3.63, 3.8) is 0 Å². The van der Waals surface area contributed by atoms with Crippen molar-refractivity contribution in [2.45, 2.75) is 13.5 Å². The molecule has 0 aliphatic carbocycles. The fourth-order valence-corrected chi connectivity index (χ4v) is 3.11. The Morgan fingerprint density at radius 1 is 1.22 bits per heavy atom. The van der Waals surface area contributed by atoms with Crippen LogP contribution in [0.1, 0.15) is 16.7 Å². The lowest BCUT2D eigenvalue weighted by atomic mass is 10.1. The summed E-state index contributed by atoms with van der Waals surface area (Å²) in [5, 5.41) is 26.8. The Hall–Kier alpha value is -4.49. The number of nitriles is 1. The molecule has 0 amide bonds. The zero-order valence-corrected chi connectivity index (χ0v) is 20.5. The monoisotopic (exact) mass is 488 g/mol. The fourth-order valence-electron chi connectivity index (χ4n) is 3.11. The molecule has 0 radical (unpaired) electrons. The molecular weight excluding hydrogens is 459 g/mol. The molecule has 1 aromatic heterocycles. The normalized spacial score (nSPS) is 11.1. The van der Waals surface area contributed by atoms with E-state index in [1.54, 1.807) is 48.8 Å². The number of rotatable bonds is 12. The Balaban J connectivity index is 1.76. The summed E-state index contributed by atoms with van der Waals surface area (Å²) in [6.45, 7) is 3.40. The summed E-state index contributed by atoms with van der Waals surface area (Å²) < 4.78 is 19.7. The molecule has 0 saturated heterocycles. The molecule has 0 atom stereocenters. The molecular formula is C26H29FN8O. The number of nitrogens with zero attached hydrogens (tertiary/aromatic N) is 4. The van der Waals surface area contributed by atoms with E-state index in [4.69, 9.17) is 10.1 Å². The number of aryl methyl sites for hydroxylation is 1. The minimum absolute atomic E-state index is 0.00722. The number of nitrogens with one attached hydrogen (secondary N) is 4. The lowest BCUT2D eigenvalue weighted by Gasteiger charge is -2.15. The van der Waals surface area contributed by atoms with Crippen molar-refractivity contribution in [3.8, 4) is 11.8 Å². The van der Waals surface area contributed by atoms with E-state index in [0.717, 1.165) is 18.7 Å². The maximum Gasteiger partial charge on any atom is 0.229 e. The predicted molar refractivity (Wildman–Crippen MR) is 139 cm³/mol. The Labute approximate surface area is 210 Å². The summed E-state index contributed by atoms with van der Waals surface area (Å²) >= 11 is 0. The third-order valence-electron chi connectivity index (χ3n) is 5.08. The average molecular weight is 489 g/mol. The second kappa shape index (κ2) is 12.8. The predicted octanol–water partition coefficient (Wildman–Crippen LogP) is 4.17. The number of allylic oxidation sites excluding steroid dienone is 1. The molecule has 9 nitrogen and oxygen atoms in total. The number of ether oxygens (including phenoxy) is 1. The average Bonchev–Trinajstić information content (AvgIpc) is 2.87. The Morgan fingerprint density at radius 2 is 2.03 bits per heavy atom. The van der Waals surface area contributed by atoms with E-state index in [1.807, 2.05) is 21.0 Å². The van der Waals surface area contributed by atoms with E-state index >= 15 is 0 Å². The Kier molecular flexibility index (Phi) is 9.31. The van der Waals surface area contributed by atoms with Crippen LogP contribution < -0.4 is 20.7 Å². The van der Waals surface area contributed by atoms with E-state index in [-0.39, 0.29) is 23.9 Å². The standard InChI is InChI=1S/C26H29FN8O/c1-18-15-31-26(32-20(13-28)16-30-11-12-35(2)3)34-25(18)33-23-9-6-10-24(21(23)14-29)36-17-19-7-4-5-8-22(19)27/h4-10,13,15-16,28,30H,11-12,17H2,1-3H3,(H2,31,32,33,34)/b20-16+,28-13?. The molecule has 0 aliphatic heterocycles. The molecule has 0 spiro atoms. The van der Waals surface area contributed by atoms with Gasteiger partial charge in [0.1, 0.15) is 35.6 Å². The summed E-state index contributed by atoms with van der Waals surface area (Å²) in [6.07, 6.45) is 4.50. The van der Waals surface area contributed by atoms with Gasteiger partial charge in [0, 0.05) is 42.8 Å². The van der Waals surface area contributed by atoms with Crippen LogP contribution in [0.4, 0.5) is 21.8 Å². The second-order valence-corrected chi connectivity index (χ2v) is 8.15. The first-order chi connectivity index (χ1) is 17.4. The van der Waals surface area contributed by atoms with Gasteiger partial charge in [-0.25, -0.2) is 9.37 Å². The molecule has 1 heterocycles. The molecule has 3 aromatic rings. The molecule has 2 aromatic carbocycles. The lowest BCUT2D eigenvalue weighted by Crippen LogP contribution is -2.24. The quantitative estimate of drug-likeness (QED) is 0.221. The van der Waals surface area contributed by atoms with Crippen molar-refractivity contribution >= 4 is 23.7 Å². The van der Waals surface area contributed by atoms with Gasteiger partial charge in [0.2, 0.25) is 5.95 Å². The van der Waals surface area contributed by atoms with Crippen LogP contribution in [0.5, 0.6) is 5.75 Å². The number of anilines is 3. The fraction of sp³-hybridized carbons (Fsp3) is 0.231. The van der Waals surface area contributed by atoms with Gasteiger partial charge in [-0.3, -0.25) is 0 Å². The van der Waals surface area contributed by atoms with Crippen molar-refractivity contribution in [2.24, 2.45) is 0 Å². The molecule has 0 saturated carbocycles. The van der Waals surface area contributed by atoms with E-state index in [9.17, 15) is 9.65 Å². The molecule has 186 valence electrons. The van der Waals surface area contributed by atoms with E-state index in [0.29, 0.717) is 28.5 Å². The van der Waals surface area contributed by atoms with Crippen molar-refractivity contribution < 1.29 is 9.13 Å². The minimum Gasteiger partial charge on any atom is -0.487 e. The van der Waals surface area contributed by atoms with Crippen LogP contribution in [0.25, 0.3) is 0 Å². The summed E-state index contributed by atoms with van der Waals surface area (Å²) in [4.78, 5) is 10.8. The highest BCUT2D eigenvalue weighted by molar-refractivity contribution is 5.79. The summed E-state index contributed by atoms with van der Waals surface area (Å²) in [6, 6.07) is 13.6. The molecule has 4 N–H and O–H groups in total. The zero-order valence-electron chi connectivity index (χ0n) is 20.5. The molecule has 0 bridgehead atoms. The van der Waals surface area contributed by atoms with Gasteiger partial charge in [-0.05, 0) is 39.2 Å². The number of likely N-dealkylation sites (N-methyl/N-ethyl adjacent to an activating group) is 1. The van der Waals surface area contributed by atoms with Crippen LogP contribution in [0, 0.1) is 29.5 Å². The molecule has 36 heavy (non-hydrogen) atoms. The molecule has 3 rings (SSSR count). The van der Waals surface area contributed by atoms with Gasteiger partial charge in [0.15, 0.2) is 0 Å². The van der Waals surface area contributed by atoms with Crippen LogP contribution in [-0.2, 0) is 6.61 Å². The summed E-state index contributed by atoms with van der Waals surface area (Å²) in [5.74, 6) is 0.736. The number of hydrogen-bond acceptors (Lipinski definition) is 9. The van der Waals surface area contributed by atoms with E-state index in [1.165, 1.54) is 12.3 Å². The third-order valence-corrected chi connectivity index (χ3v) is 5.08. The summed E-state index contributed by atoms with van der Waals surface area (Å²) in [5.41, 5.74) is 2.40. The minimum atomic E-state index is -0.367. The van der Waals surface area contributed by atoms with Crippen LogP contribution in [0.15, 0.2) is 60.6 Å². The largest absolute Gasteiger partial charge is 0.487 e. The van der Waals surface area contributed by atoms with Gasteiger partial charge in [0.05, 0.1) is 11.4 Å². The highest BCUT2D eigenvalue weighted by atomic mass is 19.1. The van der Waals surface area contributed by atoms with Gasteiger partial charge in [0.25, 0.3) is 0 Å². The Morgan fingerprint density at radius 3 is 2.75 bits per heavy atom. The van der Waals surface area contributed by atoms with Gasteiger partial charge >= 0.3 is 0 Å². The van der Waals surface area contributed by atoms with Crippen LogP contribution in [0.2, 0.25) is 0 Å². The topological polar surface area (TPSA) is 122 Å². The number of aromatic nitrogens is 2. The van der Waals surface area contributed by atoms with Crippen molar-refractivity contribution in [1.29, 1.82) is 10.7 Å². The lowest BCUT2D eigenvalue weighted by molar-refractivity contribution is 0.299. The number of hydrogen-bond donors (Lipinski definition) is 4. The molecule has 0 fully saturated rings. The molecule has 10 heteroatoms. The number of benzene rings is 2. The van der Waals surface area contributed by atoms with Crippen molar-refractivity contribution in [3.05, 3.63) is 83.1 Å². The van der Waals surface area contributed by atoms with Gasteiger partial charge in [-0.15, -0.1) is 0 Å². The van der Waals surface area contributed by atoms with E-state index < -0.39 is 0 Å². The van der Waals surface area contributed by atoms with Crippen molar-refractivity contribution in [1.82, 2.24) is 20.2 Å². The van der Waals surface area contributed by atoms with Gasteiger partial charge < -0.3 is 31.0 Å². The first kappa shape index (κ1) is 26.1. The van der Waals surface area contributed by atoms with Gasteiger partial charge in [-0.2, -0.15) is 10.2 Å².